The highest BCUT2D eigenvalue weighted by Gasteiger charge is 2.40. The molecule has 1 N–H and O–H groups in total. The Kier molecular flexibility index (Phi) is 6.06. The highest BCUT2D eigenvalue weighted by Crippen LogP contribution is 2.34. The van der Waals surface area contributed by atoms with Crippen LogP contribution < -0.4 is 0 Å². The lowest BCUT2D eigenvalue weighted by atomic mass is 10.1. The quantitative estimate of drug-likeness (QED) is 0.793. The van der Waals surface area contributed by atoms with Gasteiger partial charge in [0.1, 0.15) is 6.04 Å². The van der Waals surface area contributed by atoms with Crippen LogP contribution in [0.1, 0.15) is 13.3 Å². The fourth-order valence-electron chi connectivity index (χ4n) is 2.43. The third-order valence-electron chi connectivity index (χ3n) is 3.64. The Morgan fingerprint density at radius 2 is 2.09 bits per heavy atom. The van der Waals surface area contributed by atoms with Gasteiger partial charge in [-0.3, -0.25) is 4.79 Å². The summed E-state index contributed by atoms with van der Waals surface area (Å²) in [5.74, 6) is -0.943. The van der Waals surface area contributed by atoms with E-state index in [4.69, 9.17) is 11.6 Å². The monoisotopic (exact) mass is 359 g/mol. The van der Waals surface area contributed by atoms with Gasteiger partial charge in [-0.05, 0) is 30.7 Å². The zero-order valence-corrected chi connectivity index (χ0v) is 14.6. The number of nitrogens with zero attached hydrogens (tertiary/aromatic N) is 1. The summed E-state index contributed by atoms with van der Waals surface area (Å²) >= 11 is 11.6. The number of carboxylic acid groups (broad SMARTS) is 1. The van der Waals surface area contributed by atoms with E-state index in [1.165, 1.54) is 4.90 Å². The Hall–Kier alpha value is -0.850. The highest BCUT2D eigenvalue weighted by molar-refractivity contribution is 8.00. The molecule has 1 aromatic rings. The molecule has 4 nitrogen and oxygen atoms in total. The molecule has 2 rings (SSSR count). The van der Waals surface area contributed by atoms with Gasteiger partial charge in [0.25, 0.3) is 0 Å². The first-order valence-electron chi connectivity index (χ1n) is 6.98. The molecule has 120 valence electrons. The predicted octanol–water partition coefficient (Wildman–Crippen LogP) is 3.05. The zero-order valence-electron chi connectivity index (χ0n) is 12.1. The number of rotatable bonds is 5. The van der Waals surface area contributed by atoms with Gasteiger partial charge in [-0.15, -0.1) is 11.8 Å². The molecule has 1 amide bonds. The first-order chi connectivity index (χ1) is 10.4. The van der Waals surface area contributed by atoms with Crippen LogP contribution in [0.15, 0.2) is 29.2 Å². The highest BCUT2D eigenvalue weighted by atomic mass is 35.5. The Morgan fingerprint density at radius 1 is 1.45 bits per heavy atom. The SMILES string of the molecule is C[C@H](CS)C(=O)N1C[C@@H](Sc2ccc(Cl)cc2)C[C@H]1C(=O)O. The Morgan fingerprint density at radius 3 is 2.64 bits per heavy atom. The minimum Gasteiger partial charge on any atom is -0.480 e. The number of likely N-dealkylation sites (tertiary alicyclic amines) is 1. The smallest absolute Gasteiger partial charge is 0.326 e. The lowest BCUT2D eigenvalue weighted by Crippen LogP contribution is -2.43. The second-order valence-corrected chi connectivity index (χ2v) is 7.53. The standard InChI is InChI=1S/C15H18ClNO3S2/c1-9(8-21)14(18)17-7-12(6-13(17)15(19)20)22-11-4-2-10(16)3-5-11/h2-5,9,12-13,21H,6-8H2,1H3,(H,19,20)/t9-,12+,13+/m1/s1. The molecular weight excluding hydrogens is 342 g/mol. The molecule has 0 spiro atoms. The van der Waals surface area contributed by atoms with Crippen molar-refractivity contribution in [2.24, 2.45) is 5.92 Å². The van der Waals surface area contributed by atoms with Crippen molar-refractivity contribution in [3.8, 4) is 0 Å². The average molecular weight is 360 g/mol. The van der Waals surface area contributed by atoms with E-state index < -0.39 is 12.0 Å². The summed E-state index contributed by atoms with van der Waals surface area (Å²) in [4.78, 5) is 26.3. The number of benzene rings is 1. The van der Waals surface area contributed by atoms with Crippen LogP contribution >= 0.6 is 36.0 Å². The summed E-state index contributed by atoms with van der Waals surface area (Å²) < 4.78 is 0. The third kappa shape index (κ3) is 4.12. The van der Waals surface area contributed by atoms with Crippen molar-refractivity contribution in [3.63, 3.8) is 0 Å². The molecule has 1 heterocycles. The van der Waals surface area contributed by atoms with Crippen molar-refractivity contribution in [1.82, 2.24) is 4.90 Å². The van der Waals surface area contributed by atoms with Crippen LogP contribution in [-0.2, 0) is 9.59 Å². The van der Waals surface area contributed by atoms with Crippen LogP contribution in [0, 0.1) is 5.92 Å². The summed E-state index contributed by atoms with van der Waals surface area (Å²) in [6.45, 7) is 2.22. The first-order valence-corrected chi connectivity index (χ1v) is 8.87. The normalized spacial score (nSPS) is 22.6. The van der Waals surface area contributed by atoms with Crippen LogP contribution in [0.3, 0.4) is 0 Å². The van der Waals surface area contributed by atoms with Gasteiger partial charge in [-0.1, -0.05) is 18.5 Å². The summed E-state index contributed by atoms with van der Waals surface area (Å²) in [7, 11) is 0. The average Bonchev–Trinajstić information content (AvgIpc) is 2.92. The maximum Gasteiger partial charge on any atom is 0.326 e. The third-order valence-corrected chi connectivity index (χ3v) is 5.66. The number of halogens is 1. The molecule has 0 aromatic heterocycles. The number of aliphatic carboxylic acids is 1. The molecule has 22 heavy (non-hydrogen) atoms. The second kappa shape index (κ2) is 7.62. The Labute approximate surface area is 144 Å². The molecule has 3 atom stereocenters. The van der Waals surface area contributed by atoms with Crippen LogP contribution in [0.4, 0.5) is 0 Å². The number of thioether (sulfide) groups is 1. The van der Waals surface area contributed by atoms with E-state index in [2.05, 4.69) is 12.6 Å². The van der Waals surface area contributed by atoms with Crippen LogP contribution in [0.5, 0.6) is 0 Å². The molecule has 0 unspecified atom stereocenters. The molecule has 0 aliphatic carbocycles. The van der Waals surface area contributed by atoms with Crippen molar-refractivity contribution in [1.29, 1.82) is 0 Å². The molecule has 7 heteroatoms. The lowest BCUT2D eigenvalue weighted by molar-refractivity contribution is -0.149. The van der Waals surface area contributed by atoms with Gasteiger partial charge in [0, 0.05) is 33.4 Å². The van der Waals surface area contributed by atoms with Gasteiger partial charge < -0.3 is 10.0 Å². The Bertz CT molecular complexity index is 552. The van der Waals surface area contributed by atoms with E-state index in [9.17, 15) is 14.7 Å². The van der Waals surface area contributed by atoms with Crippen molar-refractivity contribution < 1.29 is 14.7 Å². The molecule has 0 bridgehead atoms. The van der Waals surface area contributed by atoms with Crippen molar-refractivity contribution in [2.45, 2.75) is 29.5 Å². The van der Waals surface area contributed by atoms with Crippen LogP contribution in [-0.4, -0.2) is 45.5 Å². The van der Waals surface area contributed by atoms with Gasteiger partial charge in [0.2, 0.25) is 5.91 Å². The fraction of sp³-hybridized carbons (Fsp3) is 0.467. The molecule has 1 aliphatic heterocycles. The number of thiol groups is 1. The summed E-state index contributed by atoms with van der Waals surface area (Å²) in [6.07, 6.45) is 0.452. The first kappa shape index (κ1) is 17.5. The number of carbonyl (C=O) groups excluding carboxylic acids is 1. The number of hydrogen-bond donors (Lipinski definition) is 2. The predicted molar refractivity (Wildman–Crippen MR) is 91.9 cm³/mol. The fourth-order valence-corrected chi connectivity index (χ4v) is 3.90. The lowest BCUT2D eigenvalue weighted by Gasteiger charge is -2.24. The molecular formula is C15H18ClNO3S2. The topological polar surface area (TPSA) is 57.6 Å². The van der Waals surface area contributed by atoms with E-state index in [0.717, 1.165) is 4.90 Å². The molecule has 1 fully saturated rings. The van der Waals surface area contributed by atoms with Gasteiger partial charge in [0.05, 0.1) is 0 Å². The molecule has 1 saturated heterocycles. The minimum absolute atomic E-state index is 0.0679. The van der Waals surface area contributed by atoms with Crippen LogP contribution in [0.25, 0.3) is 0 Å². The number of carbonyl (C=O) groups is 2. The molecule has 1 aromatic carbocycles. The van der Waals surface area contributed by atoms with Crippen molar-refractivity contribution >= 4 is 47.9 Å². The maximum atomic E-state index is 12.3. The van der Waals surface area contributed by atoms with Gasteiger partial charge >= 0.3 is 5.97 Å². The number of amides is 1. The maximum absolute atomic E-state index is 12.3. The van der Waals surface area contributed by atoms with Gasteiger partial charge in [-0.25, -0.2) is 4.79 Å². The van der Waals surface area contributed by atoms with Crippen molar-refractivity contribution in [3.05, 3.63) is 29.3 Å². The summed E-state index contributed by atoms with van der Waals surface area (Å²) in [5, 5.41) is 10.1. The molecule has 0 saturated carbocycles. The van der Waals surface area contributed by atoms with E-state index in [1.54, 1.807) is 30.8 Å². The largest absolute Gasteiger partial charge is 0.480 e. The second-order valence-electron chi connectivity index (χ2n) is 5.36. The van der Waals surface area contributed by atoms with E-state index in [-0.39, 0.29) is 17.1 Å². The number of carboxylic acids is 1. The summed E-state index contributed by atoms with van der Waals surface area (Å²) in [6, 6.07) is 6.67. The van der Waals surface area contributed by atoms with E-state index in [1.807, 2.05) is 12.1 Å². The van der Waals surface area contributed by atoms with E-state index >= 15 is 0 Å². The van der Waals surface area contributed by atoms with Crippen molar-refractivity contribution in [2.75, 3.05) is 12.3 Å². The van der Waals surface area contributed by atoms with Gasteiger partial charge in [0.15, 0.2) is 0 Å². The zero-order chi connectivity index (χ0) is 16.3. The minimum atomic E-state index is -0.945. The number of hydrogen-bond acceptors (Lipinski definition) is 4. The molecule has 0 radical (unpaired) electrons. The van der Waals surface area contributed by atoms with Crippen LogP contribution in [0.2, 0.25) is 5.02 Å². The van der Waals surface area contributed by atoms with E-state index in [0.29, 0.717) is 23.7 Å². The van der Waals surface area contributed by atoms with Gasteiger partial charge in [-0.2, -0.15) is 12.6 Å². The molecule has 1 aliphatic rings. The Balaban J connectivity index is 2.08. The summed E-state index contributed by atoms with van der Waals surface area (Å²) in [5.41, 5.74) is 0.